The lowest BCUT2D eigenvalue weighted by Crippen LogP contribution is -2.38. The van der Waals surface area contributed by atoms with Gasteiger partial charge in [0.15, 0.2) is 5.11 Å². The summed E-state index contributed by atoms with van der Waals surface area (Å²) >= 11 is 5.22. The fourth-order valence-electron chi connectivity index (χ4n) is 1.50. The van der Waals surface area contributed by atoms with Crippen molar-refractivity contribution in [1.82, 2.24) is 10.6 Å². The van der Waals surface area contributed by atoms with E-state index in [2.05, 4.69) is 55.7 Å². The van der Waals surface area contributed by atoms with Crippen molar-refractivity contribution in [2.75, 3.05) is 13.1 Å². The van der Waals surface area contributed by atoms with Gasteiger partial charge in [-0.15, -0.1) is 0 Å². The Morgan fingerprint density at radius 2 is 1.65 bits per heavy atom. The van der Waals surface area contributed by atoms with Crippen molar-refractivity contribution in [2.24, 2.45) is 5.92 Å². The first-order valence-corrected chi connectivity index (χ1v) is 6.57. The average Bonchev–Trinajstić information content (AvgIpc) is 2.34. The van der Waals surface area contributed by atoms with Gasteiger partial charge in [-0.25, -0.2) is 0 Å². The normalized spacial score (nSPS) is 12.2. The van der Waals surface area contributed by atoms with Crippen LogP contribution in [-0.2, 0) is 0 Å². The zero-order chi connectivity index (χ0) is 12.7. The van der Waals surface area contributed by atoms with Crippen molar-refractivity contribution in [3.05, 3.63) is 35.9 Å². The summed E-state index contributed by atoms with van der Waals surface area (Å²) in [4.78, 5) is 0. The minimum atomic E-state index is 0.468. The minimum absolute atomic E-state index is 0.468. The number of nitrogens with one attached hydrogen (secondary N) is 2. The molecule has 0 heterocycles. The highest BCUT2D eigenvalue weighted by atomic mass is 32.1. The molecular formula is C14H22N2S. The topological polar surface area (TPSA) is 24.1 Å². The Labute approximate surface area is 110 Å². The van der Waals surface area contributed by atoms with Gasteiger partial charge in [-0.05, 0) is 29.6 Å². The van der Waals surface area contributed by atoms with E-state index in [9.17, 15) is 0 Å². The molecule has 0 saturated carbocycles. The Kier molecular flexibility index (Phi) is 5.98. The van der Waals surface area contributed by atoms with E-state index in [0.717, 1.165) is 18.2 Å². The molecule has 1 aromatic carbocycles. The zero-order valence-corrected chi connectivity index (χ0v) is 11.7. The number of thiocarbonyl (C=S) groups is 1. The van der Waals surface area contributed by atoms with Crippen LogP contribution in [0.25, 0.3) is 0 Å². The van der Waals surface area contributed by atoms with E-state index in [1.807, 2.05) is 6.07 Å². The van der Waals surface area contributed by atoms with Gasteiger partial charge in [0, 0.05) is 13.1 Å². The van der Waals surface area contributed by atoms with E-state index >= 15 is 0 Å². The van der Waals surface area contributed by atoms with Crippen LogP contribution < -0.4 is 10.6 Å². The first kappa shape index (κ1) is 14.0. The molecule has 17 heavy (non-hydrogen) atoms. The maximum atomic E-state index is 5.22. The molecule has 94 valence electrons. The van der Waals surface area contributed by atoms with E-state index in [4.69, 9.17) is 12.2 Å². The summed E-state index contributed by atoms with van der Waals surface area (Å²) in [5.74, 6) is 1.08. The Balaban J connectivity index is 2.29. The average molecular weight is 250 g/mol. The summed E-state index contributed by atoms with van der Waals surface area (Å²) in [6.07, 6.45) is 0. The third-order valence-corrected chi connectivity index (χ3v) is 2.90. The summed E-state index contributed by atoms with van der Waals surface area (Å²) in [6, 6.07) is 10.5. The molecule has 0 aliphatic heterocycles. The fourth-order valence-corrected chi connectivity index (χ4v) is 1.67. The molecule has 0 saturated heterocycles. The Morgan fingerprint density at radius 1 is 1.06 bits per heavy atom. The molecule has 0 aliphatic rings. The molecule has 2 nitrogen and oxygen atoms in total. The van der Waals surface area contributed by atoms with Gasteiger partial charge < -0.3 is 10.6 Å². The van der Waals surface area contributed by atoms with E-state index in [0.29, 0.717) is 11.8 Å². The van der Waals surface area contributed by atoms with Gasteiger partial charge in [-0.3, -0.25) is 0 Å². The Morgan fingerprint density at radius 3 is 2.24 bits per heavy atom. The van der Waals surface area contributed by atoms with Crippen LogP contribution in [0.1, 0.15) is 32.3 Å². The van der Waals surface area contributed by atoms with E-state index < -0.39 is 0 Å². The molecule has 0 fully saturated rings. The number of rotatable bonds is 5. The molecule has 1 aromatic rings. The second-order valence-electron chi connectivity index (χ2n) is 4.80. The molecule has 0 radical (unpaired) electrons. The third-order valence-electron chi connectivity index (χ3n) is 2.61. The van der Waals surface area contributed by atoms with Crippen molar-refractivity contribution in [1.29, 1.82) is 0 Å². The molecule has 0 amide bonds. The van der Waals surface area contributed by atoms with Gasteiger partial charge in [0.05, 0.1) is 0 Å². The van der Waals surface area contributed by atoms with Crippen molar-refractivity contribution in [3.8, 4) is 0 Å². The van der Waals surface area contributed by atoms with Crippen LogP contribution >= 0.6 is 12.2 Å². The molecular weight excluding hydrogens is 228 g/mol. The summed E-state index contributed by atoms with van der Waals surface area (Å²) in [7, 11) is 0. The van der Waals surface area contributed by atoms with Gasteiger partial charge in [-0.1, -0.05) is 51.1 Å². The number of hydrogen-bond acceptors (Lipinski definition) is 1. The van der Waals surface area contributed by atoms with E-state index in [-0.39, 0.29) is 0 Å². The molecule has 0 bridgehead atoms. The predicted octanol–water partition coefficient (Wildman–Crippen LogP) is 2.91. The molecule has 1 unspecified atom stereocenters. The maximum Gasteiger partial charge on any atom is 0.166 e. The summed E-state index contributed by atoms with van der Waals surface area (Å²) in [5.41, 5.74) is 1.34. The number of benzene rings is 1. The van der Waals surface area contributed by atoms with Crippen LogP contribution in [0.2, 0.25) is 0 Å². The third kappa shape index (κ3) is 5.68. The van der Waals surface area contributed by atoms with Crippen LogP contribution in [0.3, 0.4) is 0 Å². The van der Waals surface area contributed by atoms with Gasteiger partial charge in [-0.2, -0.15) is 0 Å². The molecule has 3 heteroatoms. The van der Waals surface area contributed by atoms with Gasteiger partial charge in [0.1, 0.15) is 0 Å². The lowest BCUT2D eigenvalue weighted by molar-refractivity contribution is 0.615. The van der Waals surface area contributed by atoms with Gasteiger partial charge >= 0.3 is 0 Å². The van der Waals surface area contributed by atoms with E-state index in [1.165, 1.54) is 5.56 Å². The van der Waals surface area contributed by atoms with Crippen molar-refractivity contribution in [3.63, 3.8) is 0 Å². The zero-order valence-electron chi connectivity index (χ0n) is 10.9. The van der Waals surface area contributed by atoms with Gasteiger partial charge in [0.25, 0.3) is 0 Å². The molecule has 2 N–H and O–H groups in total. The van der Waals surface area contributed by atoms with E-state index in [1.54, 1.807) is 0 Å². The van der Waals surface area contributed by atoms with Gasteiger partial charge in [0.2, 0.25) is 0 Å². The lowest BCUT2D eigenvalue weighted by atomic mass is 10.0. The fraction of sp³-hybridized carbons (Fsp3) is 0.500. The molecule has 0 spiro atoms. The maximum absolute atomic E-state index is 5.22. The smallest absolute Gasteiger partial charge is 0.166 e. The lowest BCUT2D eigenvalue weighted by Gasteiger charge is -2.16. The second-order valence-corrected chi connectivity index (χ2v) is 5.20. The summed E-state index contributed by atoms with van der Waals surface area (Å²) in [6.45, 7) is 8.33. The van der Waals surface area contributed by atoms with Crippen LogP contribution in [0.4, 0.5) is 0 Å². The SMILES string of the molecule is CC(C)CNC(=S)NCC(C)c1ccccc1. The van der Waals surface area contributed by atoms with Crippen molar-refractivity contribution < 1.29 is 0 Å². The van der Waals surface area contributed by atoms with Crippen molar-refractivity contribution >= 4 is 17.3 Å². The standard InChI is InChI=1S/C14H22N2S/c1-11(2)9-15-14(17)16-10-12(3)13-7-5-4-6-8-13/h4-8,11-12H,9-10H2,1-3H3,(H2,15,16,17). The quantitative estimate of drug-likeness (QED) is 0.786. The first-order chi connectivity index (χ1) is 8.09. The van der Waals surface area contributed by atoms with Crippen LogP contribution in [0, 0.1) is 5.92 Å². The molecule has 1 atom stereocenters. The predicted molar refractivity (Wildman–Crippen MR) is 78.3 cm³/mol. The highest BCUT2D eigenvalue weighted by Gasteiger charge is 2.05. The molecule has 1 rings (SSSR count). The molecule has 0 aromatic heterocycles. The Bertz CT molecular complexity index is 335. The van der Waals surface area contributed by atoms with Crippen LogP contribution in [0.5, 0.6) is 0 Å². The minimum Gasteiger partial charge on any atom is -0.362 e. The summed E-state index contributed by atoms with van der Waals surface area (Å²) in [5, 5.41) is 7.22. The van der Waals surface area contributed by atoms with Crippen molar-refractivity contribution in [2.45, 2.75) is 26.7 Å². The van der Waals surface area contributed by atoms with Crippen LogP contribution in [-0.4, -0.2) is 18.2 Å². The Hall–Kier alpha value is -1.09. The highest BCUT2D eigenvalue weighted by Crippen LogP contribution is 2.12. The first-order valence-electron chi connectivity index (χ1n) is 6.16. The molecule has 0 aliphatic carbocycles. The van der Waals surface area contributed by atoms with Crippen LogP contribution in [0.15, 0.2) is 30.3 Å². The largest absolute Gasteiger partial charge is 0.362 e. The second kappa shape index (κ2) is 7.28. The summed E-state index contributed by atoms with van der Waals surface area (Å²) < 4.78 is 0. The highest BCUT2D eigenvalue weighted by molar-refractivity contribution is 7.80. The number of hydrogen-bond donors (Lipinski definition) is 2. The monoisotopic (exact) mass is 250 g/mol.